The van der Waals surface area contributed by atoms with Crippen molar-refractivity contribution in [2.75, 3.05) is 12.4 Å². The minimum Gasteiger partial charge on any atom is -0.379 e. The monoisotopic (exact) mass is 398 g/mol. The van der Waals surface area contributed by atoms with Crippen molar-refractivity contribution in [3.05, 3.63) is 18.0 Å². The Hall–Kier alpha value is -1.62. The topological polar surface area (TPSA) is 52.0 Å². The third-order valence-corrected chi connectivity index (χ3v) is 7.66. The van der Waals surface area contributed by atoms with E-state index in [1.807, 2.05) is 13.3 Å². The number of hydrogen-bond acceptors (Lipinski definition) is 4. The van der Waals surface area contributed by atoms with E-state index in [1.165, 1.54) is 49.6 Å². The predicted molar refractivity (Wildman–Crippen MR) is 119 cm³/mol. The summed E-state index contributed by atoms with van der Waals surface area (Å²) in [5, 5.41) is 3.76. The van der Waals surface area contributed by atoms with Gasteiger partial charge in [0.25, 0.3) is 0 Å². The number of aromatic nitrogens is 3. The molecule has 0 amide bonds. The summed E-state index contributed by atoms with van der Waals surface area (Å²) in [5.74, 6) is 3.59. The molecule has 2 saturated carbocycles. The Morgan fingerprint density at radius 1 is 1.17 bits per heavy atom. The first-order valence-corrected chi connectivity index (χ1v) is 11.6. The Balaban J connectivity index is 1.68. The average Bonchev–Trinajstić information content (AvgIpc) is 3.05. The summed E-state index contributed by atoms with van der Waals surface area (Å²) in [5.41, 5.74) is 3.67. The number of fused-ring (bicyclic) bond motifs is 1. The number of ether oxygens (including phenoxy) is 1. The van der Waals surface area contributed by atoms with Crippen LogP contribution in [-0.2, 0) is 11.8 Å². The van der Waals surface area contributed by atoms with Crippen molar-refractivity contribution in [3.8, 4) is 0 Å². The van der Waals surface area contributed by atoms with Crippen LogP contribution in [0.3, 0.4) is 0 Å². The normalized spacial score (nSPS) is 33.1. The van der Waals surface area contributed by atoms with Gasteiger partial charge < -0.3 is 14.6 Å². The molecule has 2 heterocycles. The second-order valence-corrected chi connectivity index (χ2v) is 9.65. The van der Waals surface area contributed by atoms with Crippen molar-refractivity contribution in [1.29, 1.82) is 0 Å². The fourth-order valence-corrected chi connectivity index (χ4v) is 6.12. The van der Waals surface area contributed by atoms with E-state index in [-0.39, 0.29) is 6.10 Å². The molecule has 2 fully saturated rings. The molecular formula is C24H38N4O. The number of methoxy groups -OCH3 is 1. The molecule has 0 bridgehead atoms. The summed E-state index contributed by atoms with van der Waals surface area (Å²) in [6.07, 6.45) is 13.2. The first-order valence-electron chi connectivity index (χ1n) is 11.6. The lowest BCUT2D eigenvalue weighted by Crippen LogP contribution is -2.46. The lowest BCUT2D eigenvalue weighted by molar-refractivity contribution is 0.0236. The lowest BCUT2D eigenvalue weighted by Gasteiger charge is -2.39. The predicted octanol–water partition coefficient (Wildman–Crippen LogP) is 5.51. The Morgan fingerprint density at radius 2 is 1.97 bits per heavy atom. The van der Waals surface area contributed by atoms with Gasteiger partial charge >= 0.3 is 0 Å². The summed E-state index contributed by atoms with van der Waals surface area (Å²) < 4.78 is 8.14. The highest BCUT2D eigenvalue weighted by Crippen LogP contribution is 2.42. The number of nitrogens with one attached hydrogen (secondary N) is 1. The van der Waals surface area contributed by atoms with Gasteiger partial charge in [-0.15, -0.1) is 0 Å². The van der Waals surface area contributed by atoms with E-state index in [4.69, 9.17) is 9.72 Å². The van der Waals surface area contributed by atoms with Gasteiger partial charge in [0.05, 0.1) is 23.9 Å². The van der Waals surface area contributed by atoms with E-state index in [0.29, 0.717) is 23.8 Å². The van der Waals surface area contributed by atoms with Gasteiger partial charge in [0.15, 0.2) is 0 Å². The molecule has 0 radical (unpaired) electrons. The van der Waals surface area contributed by atoms with E-state index >= 15 is 0 Å². The van der Waals surface area contributed by atoms with Gasteiger partial charge in [-0.05, 0) is 54.9 Å². The highest BCUT2D eigenvalue weighted by atomic mass is 16.5. The molecule has 0 aliphatic heterocycles. The molecule has 2 aliphatic carbocycles. The van der Waals surface area contributed by atoms with Gasteiger partial charge in [0, 0.05) is 20.4 Å². The fraction of sp³-hybridized carbons (Fsp3) is 0.750. The van der Waals surface area contributed by atoms with Crippen molar-refractivity contribution < 1.29 is 4.74 Å². The number of nitrogens with zero attached hydrogens (tertiary/aromatic N) is 3. The van der Waals surface area contributed by atoms with Crippen LogP contribution in [-0.4, -0.2) is 33.8 Å². The van der Waals surface area contributed by atoms with Crippen molar-refractivity contribution in [2.45, 2.75) is 83.8 Å². The number of hydrogen-bond donors (Lipinski definition) is 1. The quantitative estimate of drug-likeness (QED) is 0.721. The van der Waals surface area contributed by atoms with E-state index in [1.54, 1.807) is 0 Å². The third-order valence-electron chi connectivity index (χ3n) is 7.66. The molecule has 6 atom stereocenters. The lowest BCUT2D eigenvalue weighted by atomic mass is 9.74. The van der Waals surface area contributed by atoms with Crippen molar-refractivity contribution >= 4 is 17.0 Å². The summed E-state index contributed by atoms with van der Waals surface area (Å²) in [6, 6.07) is 0.293. The molecule has 2 aliphatic rings. The molecule has 4 rings (SSSR count). The maximum Gasteiger partial charge on any atom is 0.203 e. The molecule has 2 aromatic rings. The van der Waals surface area contributed by atoms with Crippen LogP contribution in [0.5, 0.6) is 0 Å². The number of imidazole rings is 1. The van der Waals surface area contributed by atoms with Crippen LogP contribution in [0.4, 0.5) is 5.95 Å². The largest absolute Gasteiger partial charge is 0.379 e. The first kappa shape index (κ1) is 20.6. The molecular weight excluding hydrogens is 360 g/mol. The highest BCUT2D eigenvalue weighted by molar-refractivity contribution is 5.81. The molecule has 2 aromatic heterocycles. The van der Waals surface area contributed by atoms with Crippen LogP contribution >= 0.6 is 0 Å². The number of anilines is 1. The Labute approximate surface area is 175 Å². The average molecular weight is 399 g/mol. The molecule has 29 heavy (non-hydrogen) atoms. The van der Waals surface area contributed by atoms with E-state index in [9.17, 15) is 0 Å². The van der Waals surface area contributed by atoms with Crippen LogP contribution in [0.1, 0.15) is 77.2 Å². The van der Waals surface area contributed by atoms with Crippen molar-refractivity contribution in [3.63, 3.8) is 0 Å². The zero-order valence-corrected chi connectivity index (χ0v) is 18.8. The van der Waals surface area contributed by atoms with Crippen LogP contribution in [0.15, 0.2) is 12.4 Å². The Bertz CT molecular complexity index is 832. The third kappa shape index (κ3) is 3.90. The van der Waals surface area contributed by atoms with Crippen LogP contribution in [0.2, 0.25) is 0 Å². The molecule has 6 unspecified atom stereocenters. The van der Waals surface area contributed by atoms with Crippen LogP contribution in [0, 0.1) is 17.8 Å². The van der Waals surface area contributed by atoms with Crippen LogP contribution < -0.4 is 5.32 Å². The molecule has 1 N–H and O–H groups in total. The second-order valence-electron chi connectivity index (χ2n) is 9.65. The fourth-order valence-electron chi connectivity index (χ4n) is 6.12. The van der Waals surface area contributed by atoms with Crippen LogP contribution in [0.25, 0.3) is 11.0 Å². The van der Waals surface area contributed by atoms with E-state index in [2.05, 4.69) is 48.9 Å². The summed E-state index contributed by atoms with van der Waals surface area (Å²) in [6.45, 7) is 7.01. The van der Waals surface area contributed by atoms with Gasteiger partial charge in [0.1, 0.15) is 5.52 Å². The standard InChI is InChI=1S/C24H38N4O/c1-6-17-9-7-8-10-18(17)19-13-25-14-20-23(19)28(4)24(26-20)27-22-16(3)11-15(2)12-21(22)29-5/h13-18,21-22H,6-12H2,1-5H3,(H,26,27). The first-order chi connectivity index (χ1) is 14.0. The molecule has 5 heteroatoms. The van der Waals surface area contributed by atoms with E-state index < -0.39 is 0 Å². The van der Waals surface area contributed by atoms with Gasteiger partial charge in [-0.1, -0.05) is 40.0 Å². The summed E-state index contributed by atoms with van der Waals surface area (Å²) >= 11 is 0. The number of aryl methyl sites for hydroxylation is 1. The zero-order valence-electron chi connectivity index (χ0n) is 18.8. The number of pyridine rings is 1. The maximum absolute atomic E-state index is 5.87. The smallest absolute Gasteiger partial charge is 0.203 e. The van der Waals surface area contributed by atoms with Crippen molar-refractivity contribution in [1.82, 2.24) is 14.5 Å². The van der Waals surface area contributed by atoms with Gasteiger partial charge in [-0.2, -0.15) is 0 Å². The molecule has 5 nitrogen and oxygen atoms in total. The molecule has 0 saturated heterocycles. The second kappa shape index (κ2) is 8.63. The zero-order chi connectivity index (χ0) is 20.5. The SMILES string of the molecule is CCC1CCCCC1c1cncc2nc(NC3C(C)CC(C)CC3OC)n(C)c12. The number of rotatable bonds is 5. The minimum atomic E-state index is 0.231. The Morgan fingerprint density at radius 3 is 2.72 bits per heavy atom. The van der Waals surface area contributed by atoms with E-state index in [0.717, 1.165) is 23.8 Å². The maximum atomic E-state index is 5.87. The molecule has 160 valence electrons. The summed E-state index contributed by atoms with van der Waals surface area (Å²) in [7, 11) is 4.00. The molecule has 0 aromatic carbocycles. The minimum absolute atomic E-state index is 0.231. The van der Waals surface area contributed by atoms with Gasteiger partial charge in [0.2, 0.25) is 5.95 Å². The van der Waals surface area contributed by atoms with Gasteiger partial charge in [-0.25, -0.2) is 4.98 Å². The van der Waals surface area contributed by atoms with Crippen molar-refractivity contribution in [2.24, 2.45) is 24.8 Å². The highest BCUT2D eigenvalue weighted by Gasteiger charge is 2.35. The van der Waals surface area contributed by atoms with Gasteiger partial charge in [-0.3, -0.25) is 4.98 Å². The molecule has 0 spiro atoms. The summed E-state index contributed by atoms with van der Waals surface area (Å²) in [4.78, 5) is 9.55. The Kier molecular flexibility index (Phi) is 6.14.